The molecule has 2 fully saturated rings. The van der Waals surface area contributed by atoms with Gasteiger partial charge in [0.2, 0.25) is 0 Å². The van der Waals surface area contributed by atoms with E-state index in [4.69, 9.17) is 18.9 Å². The van der Waals surface area contributed by atoms with Gasteiger partial charge in [-0.3, -0.25) is 0 Å². The van der Waals surface area contributed by atoms with E-state index in [0.717, 1.165) is 6.42 Å². The molecular formula is C18H24O5. The molecule has 2 saturated heterocycles. The molecule has 0 N–H and O–H groups in total. The quantitative estimate of drug-likeness (QED) is 0.798. The molecule has 0 bridgehead atoms. The summed E-state index contributed by atoms with van der Waals surface area (Å²) in [6.07, 6.45) is 0.173. The fraction of sp³-hybridized carbons (Fsp3) is 0.611. The molecule has 0 saturated carbocycles. The van der Waals surface area contributed by atoms with E-state index >= 15 is 0 Å². The van der Waals surface area contributed by atoms with Crippen molar-refractivity contribution in [2.75, 3.05) is 6.61 Å². The smallest absolute Gasteiger partial charge is 0.338 e. The first-order chi connectivity index (χ1) is 10.9. The Bertz CT molecular complexity index is 570. The second-order valence-corrected chi connectivity index (χ2v) is 6.74. The van der Waals surface area contributed by atoms with Gasteiger partial charge < -0.3 is 18.9 Å². The Balaban J connectivity index is 1.68. The number of fused-ring (bicyclic) bond motifs is 1. The molecule has 0 aliphatic carbocycles. The molecule has 5 nitrogen and oxygen atoms in total. The summed E-state index contributed by atoms with van der Waals surface area (Å²) < 4.78 is 23.4. The van der Waals surface area contributed by atoms with Crippen molar-refractivity contribution in [2.45, 2.75) is 57.9 Å². The third-order valence-corrected chi connectivity index (χ3v) is 4.82. The van der Waals surface area contributed by atoms with Crippen LogP contribution in [0.25, 0.3) is 0 Å². The third kappa shape index (κ3) is 3.01. The zero-order valence-corrected chi connectivity index (χ0v) is 14.1. The van der Waals surface area contributed by atoms with Crippen LogP contribution in [0.15, 0.2) is 30.3 Å². The van der Waals surface area contributed by atoms with Gasteiger partial charge in [-0.2, -0.15) is 0 Å². The van der Waals surface area contributed by atoms with E-state index in [2.05, 4.69) is 6.92 Å². The number of carbonyl (C=O) groups is 1. The van der Waals surface area contributed by atoms with Crippen LogP contribution in [0.5, 0.6) is 0 Å². The van der Waals surface area contributed by atoms with Crippen LogP contribution < -0.4 is 0 Å². The van der Waals surface area contributed by atoms with Crippen LogP contribution in [0.1, 0.15) is 44.5 Å². The molecule has 0 amide bonds. The summed E-state index contributed by atoms with van der Waals surface area (Å²) in [6.45, 7) is 8.04. The minimum atomic E-state index is -0.635. The zero-order valence-electron chi connectivity index (χ0n) is 14.1. The van der Waals surface area contributed by atoms with Gasteiger partial charge >= 0.3 is 5.97 Å². The van der Waals surface area contributed by atoms with Crippen LogP contribution in [0.2, 0.25) is 0 Å². The highest BCUT2D eigenvalue weighted by Gasteiger charge is 2.59. The van der Waals surface area contributed by atoms with Gasteiger partial charge in [0.05, 0.1) is 5.56 Å². The zero-order chi connectivity index (χ0) is 16.7. The average Bonchev–Trinajstić information content (AvgIpc) is 2.97. The topological polar surface area (TPSA) is 54.0 Å². The van der Waals surface area contributed by atoms with Gasteiger partial charge in [-0.1, -0.05) is 32.0 Å². The van der Waals surface area contributed by atoms with Crippen molar-refractivity contribution >= 4 is 5.97 Å². The van der Waals surface area contributed by atoms with Crippen LogP contribution in [-0.4, -0.2) is 36.4 Å². The number of hydrogen-bond donors (Lipinski definition) is 0. The van der Waals surface area contributed by atoms with E-state index in [1.807, 2.05) is 39.0 Å². The Kier molecular flexibility index (Phi) is 4.21. The van der Waals surface area contributed by atoms with Crippen molar-refractivity contribution in [1.29, 1.82) is 0 Å². The number of rotatable bonds is 4. The fourth-order valence-electron chi connectivity index (χ4n) is 3.34. The number of carbonyl (C=O) groups excluding carboxylic acids is 1. The molecule has 0 spiro atoms. The highest BCUT2D eigenvalue weighted by molar-refractivity contribution is 5.89. The van der Waals surface area contributed by atoms with Gasteiger partial charge in [0.1, 0.15) is 18.3 Å². The Morgan fingerprint density at radius 3 is 2.48 bits per heavy atom. The molecule has 126 valence electrons. The maximum Gasteiger partial charge on any atom is 0.338 e. The highest BCUT2D eigenvalue weighted by Crippen LogP contribution is 2.47. The maximum absolute atomic E-state index is 12.2. The van der Waals surface area contributed by atoms with Crippen LogP contribution in [-0.2, 0) is 18.9 Å². The minimum Gasteiger partial charge on any atom is -0.459 e. The lowest BCUT2D eigenvalue weighted by molar-refractivity contribution is -0.238. The van der Waals surface area contributed by atoms with Crippen molar-refractivity contribution in [3.05, 3.63) is 35.9 Å². The predicted molar refractivity (Wildman–Crippen MR) is 83.8 cm³/mol. The predicted octanol–water partition coefficient (Wildman–Crippen LogP) is 3.14. The van der Waals surface area contributed by atoms with Crippen molar-refractivity contribution in [3.8, 4) is 0 Å². The van der Waals surface area contributed by atoms with Gasteiger partial charge in [0, 0.05) is 5.92 Å². The molecule has 3 rings (SSSR count). The maximum atomic E-state index is 12.2. The van der Waals surface area contributed by atoms with Gasteiger partial charge in [-0.25, -0.2) is 4.79 Å². The monoisotopic (exact) mass is 320 g/mol. The third-order valence-electron chi connectivity index (χ3n) is 4.82. The first kappa shape index (κ1) is 16.4. The van der Waals surface area contributed by atoms with Crippen molar-refractivity contribution in [3.63, 3.8) is 0 Å². The van der Waals surface area contributed by atoms with E-state index in [9.17, 15) is 4.79 Å². The summed E-state index contributed by atoms with van der Waals surface area (Å²) in [5.74, 6) is -0.902. The number of esters is 1. The van der Waals surface area contributed by atoms with E-state index in [1.54, 1.807) is 12.1 Å². The molecule has 23 heavy (non-hydrogen) atoms. The van der Waals surface area contributed by atoms with E-state index < -0.39 is 17.7 Å². The Hall–Kier alpha value is -1.43. The molecule has 0 aromatic heterocycles. The second-order valence-electron chi connectivity index (χ2n) is 6.74. The van der Waals surface area contributed by atoms with E-state index in [1.165, 1.54) is 0 Å². The molecule has 2 aliphatic heterocycles. The van der Waals surface area contributed by atoms with E-state index in [-0.39, 0.29) is 24.6 Å². The molecule has 2 heterocycles. The lowest BCUT2D eigenvalue weighted by Gasteiger charge is -2.34. The molecule has 2 aliphatic rings. The lowest BCUT2D eigenvalue weighted by Crippen LogP contribution is -2.43. The van der Waals surface area contributed by atoms with Crippen molar-refractivity contribution in [2.24, 2.45) is 5.92 Å². The van der Waals surface area contributed by atoms with Crippen molar-refractivity contribution in [1.82, 2.24) is 0 Å². The first-order valence-corrected chi connectivity index (χ1v) is 8.12. The first-order valence-electron chi connectivity index (χ1n) is 8.12. The van der Waals surface area contributed by atoms with Crippen LogP contribution in [0.3, 0.4) is 0 Å². The number of ether oxygens (including phenoxy) is 4. The summed E-state index contributed by atoms with van der Waals surface area (Å²) in [5.41, 5.74) is -0.0331. The van der Waals surface area contributed by atoms with Crippen LogP contribution >= 0.6 is 0 Å². The summed E-state index contributed by atoms with van der Waals surface area (Å²) in [4.78, 5) is 12.2. The largest absolute Gasteiger partial charge is 0.459 e. The standard InChI is InChI=1S/C18H24O5/c1-5-18(11-20-15(19)13-9-7-6-8-10-13)12(2)14-16(23-18)22-17(3,4)21-14/h6-10,12,14,16H,5,11H2,1-4H3/t12-,14-,16+,18-/m1/s1. The molecule has 1 aromatic carbocycles. The molecule has 1 aromatic rings. The SMILES string of the molecule is CC[C@]1(COC(=O)c2ccccc2)O[C@@H]2OC(C)(C)O[C@@H]2[C@H]1C. The highest BCUT2D eigenvalue weighted by atomic mass is 16.8. The van der Waals surface area contributed by atoms with Crippen LogP contribution in [0.4, 0.5) is 0 Å². The Morgan fingerprint density at radius 1 is 1.17 bits per heavy atom. The summed E-state index contributed by atoms with van der Waals surface area (Å²) >= 11 is 0. The Labute approximate surface area is 136 Å². The van der Waals surface area contributed by atoms with E-state index in [0.29, 0.717) is 5.56 Å². The Morgan fingerprint density at radius 2 is 1.87 bits per heavy atom. The summed E-state index contributed by atoms with van der Waals surface area (Å²) in [6, 6.07) is 8.97. The summed E-state index contributed by atoms with van der Waals surface area (Å²) in [5, 5.41) is 0. The fourth-order valence-corrected chi connectivity index (χ4v) is 3.34. The lowest BCUT2D eigenvalue weighted by atomic mass is 9.85. The molecule has 4 atom stereocenters. The average molecular weight is 320 g/mol. The molecular weight excluding hydrogens is 296 g/mol. The molecule has 5 heteroatoms. The second kappa shape index (κ2) is 5.89. The molecule has 0 radical (unpaired) electrons. The summed E-state index contributed by atoms with van der Waals surface area (Å²) in [7, 11) is 0. The van der Waals surface area contributed by atoms with Gasteiger partial charge in [0.15, 0.2) is 12.1 Å². The molecule has 0 unspecified atom stereocenters. The normalized spacial score (nSPS) is 35.0. The van der Waals surface area contributed by atoms with Gasteiger partial charge in [-0.15, -0.1) is 0 Å². The van der Waals surface area contributed by atoms with Gasteiger partial charge in [-0.05, 0) is 32.4 Å². The van der Waals surface area contributed by atoms with Crippen molar-refractivity contribution < 1.29 is 23.7 Å². The minimum absolute atomic E-state index is 0.0721. The number of benzene rings is 1. The van der Waals surface area contributed by atoms with Crippen LogP contribution in [0, 0.1) is 5.92 Å². The van der Waals surface area contributed by atoms with Gasteiger partial charge in [0.25, 0.3) is 0 Å². The number of hydrogen-bond acceptors (Lipinski definition) is 5.